The number of amides is 4. The van der Waals surface area contributed by atoms with E-state index in [0.717, 1.165) is 17.7 Å². The number of para-hydroxylation sites is 2. The van der Waals surface area contributed by atoms with Crippen LogP contribution in [0.4, 0.5) is 10.5 Å². The van der Waals surface area contributed by atoms with Crippen molar-refractivity contribution in [2.45, 2.75) is 65.0 Å². The Morgan fingerprint density at radius 3 is 2.56 bits per heavy atom. The third-order valence-corrected chi connectivity index (χ3v) is 6.84. The molecular formula is C23H32N4O4S. The first-order valence-corrected chi connectivity index (χ1v) is 12.2. The summed E-state index contributed by atoms with van der Waals surface area (Å²) in [5.74, 6) is 0.714. The topological polar surface area (TPSA) is 91.3 Å². The summed E-state index contributed by atoms with van der Waals surface area (Å²) in [7, 11) is 0. The molecule has 9 heteroatoms. The summed E-state index contributed by atoms with van der Waals surface area (Å²) in [6.45, 7) is 8.02. The molecule has 1 aromatic carbocycles. The Labute approximate surface area is 193 Å². The maximum Gasteiger partial charge on any atom is 0.325 e. The lowest BCUT2D eigenvalue weighted by atomic mass is 9.88. The molecule has 1 unspecified atom stereocenters. The largest absolute Gasteiger partial charge is 0.492 e. The maximum atomic E-state index is 13.3. The molecule has 0 bridgehead atoms. The van der Waals surface area contributed by atoms with Crippen LogP contribution >= 0.6 is 11.8 Å². The lowest BCUT2D eigenvalue weighted by molar-refractivity contribution is -0.137. The lowest BCUT2D eigenvalue weighted by Crippen LogP contribution is -2.48. The number of carbonyl (C=O) groups is 3. The zero-order valence-corrected chi connectivity index (χ0v) is 20.0. The van der Waals surface area contributed by atoms with Gasteiger partial charge in [0.05, 0.1) is 6.61 Å². The molecule has 2 aliphatic rings. The highest BCUT2D eigenvalue weighted by Crippen LogP contribution is 2.33. The van der Waals surface area contributed by atoms with Crippen molar-refractivity contribution in [1.82, 2.24) is 15.1 Å². The first-order valence-electron chi connectivity index (χ1n) is 11.3. The Morgan fingerprint density at radius 2 is 1.91 bits per heavy atom. The van der Waals surface area contributed by atoms with E-state index in [1.807, 2.05) is 52.0 Å². The van der Waals surface area contributed by atoms with Gasteiger partial charge in [-0.15, -0.1) is 0 Å². The fourth-order valence-electron chi connectivity index (χ4n) is 4.25. The van der Waals surface area contributed by atoms with Gasteiger partial charge in [0.25, 0.3) is 5.91 Å². The van der Waals surface area contributed by atoms with E-state index < -0.39 is 11.6 Å². The van der Waals surface area contributed by atoms with Crippen LogP contribution in [0.5, 0.6) is 5.75 Å². The Balaban J connectivity index is 1.82. The van der Waals surface area contributed by atoms with Crippen molar-refractivity contribution in [3.05, 3.63) is 24.3 Å². The molecule has 2 fully saturated rings. The molecule has 174 valence electrons. The number of amidine groups is 1. The summed E-state index contributed by atoms with van der Waals surface area (Å²) in [5.41, 5.74) is -0.261. The van der Waals surface area contributed by atoms with Gasteiger partial charge in [-0.3, -0.25) is 19.4 Å². The van der Waals surface area contributed by atoms with Gasteiger partial charge in [-0.1, -0.05) is 50.6 Å². The molecule has 3 rings (SSSR count). The number of aliphatic imine (C=N–C) groups is 1. The van der Waals surface area contributed by atoms with E-state index >= 15 is 0 Å². The van der Waals surface area contributed by atoms with Gasteiger partial charge in [0.15, 0.2) is 5.17 Å². The van der Waals surface area contributed by atoms with Crippen molar-refractivity contribution in [2.75, 3.05) is 18.9 Å². The fourth-order valence-corrected chi connectivity index (χ4v) is 5.37. The van der Waals surface area contributed by atoms with Crippen LogP contribution in [0.1, 0.15) is 53.4 Å². The number of ether oxygens (including phenoxy) is 1. The van der Waals surface area contributed by atoms with E-state index in [1.165, 1.54) is 11.8 Å². The van der Waals surface area contributed by atoms with Gasteiger partial charge >= 0.3 is 6.03 Å². The Kier molecular flexibility index (Phi) is 7.82. The van der Waals surface area contributed by atoms with Crippen molar-refractivity contribution < 1.29 is 19.1 Å². The van der Waals surface area contributed by atoms with Crippen LogP contribution in [0.25, 0.3) is 0 Å². The zero-order chi connectivity index (χ0) is 23.3. The Morgan fingerprint density at radius 1 is 1.22 bits per heavy atom. The van der Waals surface area contributed by atoms with E-state index in [4.69, 9.17) is 4.74 Å². The predicted molar refractivity (Wildman–Crippen MR) is 126 cm³/mol. The van der Waals surface area contributed by atoms with Crippen molar-refractivity contribution in [3.63, 3.8) is 0 Å². The van der Waals surface area contributed by atoms with Crippen molar-refractivity contribution >= 4 is 40.5 Å². The highest BCUT2D eigenvalue weighted by molar-refractivity contribution is 8.14. The predicted octanol–water partition coefficient (Wildman–Crippen LogP) is 3.93. The molecule has 0 saturated carbocycles. The van der Waals surface area contributed by atoms with Crippen LogP contribution in [0.3, 0.4) is 0 Å². The summed E-state index contributed by atoms with van der Waals surface area (Å²) in [5, 5.41) is 3.41. The van der Waals surface area contributed by atoms with Crippen molar-refractivity contribution in [2.24, 2.45) is 4.99 Å². The second kappa shape index (κ2) is 10.4. The zero-order valence-electron chi connectivity index (χ0n) is 19.2. The summed E-state index contributed by atoms with van der Waals surface area (Å²) in [4.78, 5) is 46.4. The summed E-state index contributed by atoms with van der Waals surface area (Å²) in [6.07, 6.45) is 2.66. The van der Waals surface area contributed by atoms with Crippen LogP contribution in [-0.2, 0) is 9.59 Å². The molecule has 1 aromatic rings. The summed E-state index contributed by atoms with van der Waals surface area (Å²) < 4.78 is 5.65. The molecule has 1 N–H and O–H groups in total. The monoisotopic (exact) mass is 460 g/mol. The molecule has 0 aromatic heterocycles. The molecule has 1 atom stereocenters. The van der Waals surface area contributed by atoms with E-state index in [9.17, 15) is 14.4 Å². The van der Waals surface area contributed by atoms with E-state index in [0.29, 0.717) is 41.8 Å². The standard InChI is InChI=1S/C23H32N4O4S/c1-5-12-23(13-6-2)20(29)26(21(30)25-23)14-19(28)27-16(4)15-32-22(27)24-17-10-8-9-11-18(17)31-7-3/h8-11,16H,5-7,12-15H2,1-4H3,(H,25,30). The smallest absolute Gasteiger partial charge is 0.325 e. The first-order chi connectivity index (χ1) is 15.4. The number of benzene rings is 1. The van der Waals surface area contributed by atoms with Crippen LogP contribution < -0.4 is 10.1 Å². The molecule has 2 heterocycles. The highest BCUT2D eigenvalue weighted by Gasteiger charge is 2.50. The van der Waals surface area contributed by atoms with E-state index in [-0.39, 0.29) is 24.4 Å². The van der Waals surface area contributed by atoms with Gasteiger partial charge in [0, 0.05) is 11.8 Å². The maximum absolute atomic E-state index is 13.3. The number of rotatable bonds is 9. The Hall–Kier alpha value is -2.55. The second-order valence-corrected chi connectivity index (χ2v) is 9.11. The third kappa shape index (κ3) is 4.77. The van der Waals surface area contributed by atoms with E-state index in [2.05, 4.69) is 10.3 Å². The van der Waals surface area contributed by atoms with Crippen molar-refractivity contribution in [1.29, 1.82) is 0 Å². The molecule has 2 aliphatic heterocycles. The minimum atomic E-state index is -0.903. The van der Waals surface area contributed by atoms with Gasteiger partial charge in [-0.2, -0.15) is 0 Å². The van der Waals surface area contributed by atoms with Crippen LogP contribution in [0.2, 0.25) is 0 Å². The number of thioether (sulfide) groups is 1. The van der Waals surface area contributed by atoms with Gasteiger partial charge in [-0.05, 0) is 38.8 Å². The number of urea groups is 1. The quantitative estimate of drug-likeness (QED) is 0.564. The number of carbonyl (C=O) groups excluding carboxylic acids is 3. The highest BCUT2D eigenvalue weighted by atomic mass is 32.2. The third-order valence-electron chi connectivity index (χ3n) is 5.64. The number of imide groups is 1. The molecule has 0 spiro atoms. The van der Waals surface area contributed by atoms with Gasteiger partial charge < -0.3 is 10.1 Å². The Bertz CT molecular complexity index is 898. The molecule has 0 aliphatic carbocycles. The molecule has 4 amide bonds. The number of nitrogens with zero attached hydrogens (tertiary/aromatic N) is 3. The molecule has 2 saturated heterocycles. The molecule has 8 nitrogen and oxygen atoms in total. The van der Waals surface area contributed by atoms with Crippen LogP contribution in [0, 0.1) is 0 Å². The minimum Gasteiger partial charge on any atom is -0.492 e. The average molecular weight is 461 g/mol. The average Bonchev–Trinajstić information content (AvgIpc) is 3.22. The summed E-state index contributed by atoms with van der Waals surface area (Å²) in [6, 6.07) is 6.83. The minimum absolute atomic E-state index is 0.0951. The van der Waals surface area contributed by atoms with Gasteiger partial charge in [0.2, 0.25) is 5.91 Å². The molecule has 32 heavy (non-hydrogen) atoms. The normalized spacial score (nSPS) is 21.4. The SMILES string of the molecule is CCCC1(CCC)NC(=O)N(CC(=O)N2C(=Nc3ccccc3OCC)SCC2C)C1=O. The van der Waals surface area contributed by atoms with Crippen LogP contribution in [-0.4, -0.2) is 63.3 Å². The summed E-state index contributed by atoms with van der Waals surface area (Å²) >= 11 is 1.48. The van der Waals surface area contributed by atoms with Crippen LogP contribution in [0.15, 0.2) is 29.3 Å². The molecular weight excluding hydrogens is 428 g/mol. The van der Waals surface area contributed by atoms with Crippen molar-refractivity contribution in [3.8, 4) is 5.75 Å². The van der Waals surface area contributed by atoms with E-state index in [1.54, 1.807) is 4.90 Å². The fraction of sp³-hybridized carbons (Fsp3) is 0.565. The first kappa shape index (κ1) is 24.1. The van der Waals surface area contributed by atoms with Gasteiger partial charge in [0.1, 0.15) is 23.5 Å². The number of hydrogen-bond donors (Lipinski definition) is 1. The van der Waals surface area contributed by atoms with Gasteiger partial charge in [-0.25, -0.2) is 9.79 Å². The molecule has 0 radical (unpaired) electrons. The lowest BCUT2D eigenvalue weighted by Gasteiger charge is -2.26. The number of hydrogen-bond acceptors (Lipinski definition) is 6. The second-order valence-electron chi connectivity index (χ2n) is 8.12. The number of nitrogens with one attached hydrogen (secondary N) is 1.